The first kappa shape index (κ1) is 12.1. The number of halogens is 1. The molecule has 0 unspecified atom stereocenters. The van der Waals surface area contributed by atoms with Gasteiger partial charge in [0, 0.05) is 0 Å². The molecular formula is C10H17FO2. The molecule has 2 nitrogen and oxygen atoms in total. The van der Waals surface area contributed by atoms with Gasteiger partial charge in [0.05, 0.1) is 0 Å². The molecule has 0 amide bonds. The highest BCUT2D eigenvalue weighted by Gasteiger charge is 2.22. The predicted octanol–water partition coefficient (Wildman–Crippen LogP) is 2.69. The molecule has 0 aliphatic heterocycles. The van der Waals surface area contributed by atoms with Crippen LogP contribution >= 0.6 is 0 Å². The third-order valence-corrected chi connectivity index (χ3v) is 1.78. The molecule has 0 heterocycles. The molecule has 0 bridgehead atoms. The Labute approximate surface area is 78.8 Å². The lowest BCUT2D eigenvalue weighted by Crippen LogP contribution is -2.28. The number of rotatable bonds is 4. The lowest BCUT2D eigenvalue weighted by atomic mass is 9.96. The van der Waals surface area contributed by atoms with Crippen LogP contribution in [0.5, 0.6) is 0 Å². The van der Waals surface area contributed by atoms with Crippen molar-refractivity contribution in [3.63, 3.8) is 0 Å². The van der Waals surface area contributed by atoms with E-state index in [2.05, 4.69) is 6.58 Å². The second kappa shape index (κ2) is 5.00. The molecule has 0 spiro atoms. The molecule has 0 fully saturated rings. The topological polar surface area (TPSA) is 26.3 Å². The standard InChI is InChI=1S/C10H17FO2/c1-6(2)9(7(3)4)13-10(12)8(5)11/h6-7,9H,5H2,1-4H3. The molecule has 13 heavy (non-hydrogen) atoms. The number of hydrogen-bond donors (Lipinski definition) is 0. The quantitative estimate of drug-likeness (QED) is 0.501. The van der Waals surface area contributed by atoms with Crippen molar-refractivity contribution in [3.05, 3.63) is 12.4 Å². The number of hydrogen-bond acceptors (Lipinski definition) is 2. The highest BCUT2D eigenvalue weighted by atomic mass is 19.1. The third-order valence-electron chi connectivity index (χ3n) is 1.78. The Morgan fingerprint density at radius 2 is 1.62 bits per heavy atom. The van der Waals surface area contributed by atoms with Gasteiger partial charge in [-0.05, 0) is 11.8 Å². The Balaban J connectivity index is 4.27. The Hall–Kier alpha value is -0.860. The Kier molecular flexibility index (Phi) is 4.67. The molecule has 0 aromatic rings. The summed E-state index contributed by atoms with van der Waals surface area (Å²) in [6.45, 7) is 10.6. The summed E-state index contributed by atoms with van der Waals surface area (Å²) < 4.78 is 17.2. The maximum atomic E-state index is 12.3. The smallest absolute Gasteiger partial charge is 0.366 e. The van der Waals surface area contributed by atoms with Crippen LogP contribution in [0.1, 0.15) is 27.7 Å². The van der Waals surface area contributed by atoms with Crippen LogP contribution in [0.15, 0.2) is 12.4 Å². The van der Waals surface area contributed by atoms with E-state index < -0.39 is 11.8 Å². The average Bonchev–Trinajstić information content (AvgIpc) is 1.97. The van der Waals surface area contributed by atoms with Crippen LogP contribution in [0.3, 0.4) is 0 Å². The van der Waals surface area contributed by atoms with Gasteiger partial charge in [-0.1, -0.05) is 34.3 Å². The highest BCUT2D eigenvalue weighted by molar-refractivity contribution is 5.85. The minimum atomic E-state index is -1.04. The van der Waals surface area contributed by atoms with Gasteiger partial charge in [0.2, 0.25) is 5.83 Å². The summed E-state index contributed by atoms with van der Waals surface area (Å²) >= 11 is 0. The average molecular weight is 188 g/mol. The van der Waals surface area contributed by atoms with Gasteiger partial charge in [-0.15, -0.1) is 0 Å². The van der Waals surface area contributed by atoms with Crippen molar-refractivity contribution in [2.75, 3.05) is 0 Å². The van der Waals surface area contributed by atoms with E-state index >= 15 is 0 Å². The molecule has 0 aromatic carbocycles. The van der Waals surface area contributed by atoms with Crippen LogP contribution in [-0.4, -0.2) is 12.1 Å². The van der Waals surface area contributed by atoms with Gasteiger partial charge < -0.3 is 4.74 Å². The second-order valence-electron chi connectivity index (χ2n) is 3.76. The zero-order chi connectivity index (χ0) is 10.6. The number of ether oxygens (including phenoxy) is 1. The van der Waals surface area contributed by atoms with Crippen LogP contribution < -0.4 is 0 Å². The molecule has 76 valence electrons. The number of carbonyl (C=O) groups excluding carboxylic acids is 1. The summed E-state index contributed by atoms with van der Waals surface area (Å²) in [4.78, 5) is 10.9. The van der Waals surface area contributed by atoms with Crippen molar-refractivity contribution in [1.82, 2.24) is 0 Å². The summed E-state index contributed by atoms with van der Waals surface area (Å²) in [7, 11) is 0. The molecule has 0 atom stereocenters. The van der Waals surface area contributed by atoms with Crippen molar-refractivity contribution in [1.29, 1.82) is 0 Å². The van der Waals surface area contributed by atoms with Gasteiger partial charge in [-0.3, -0.25) is 0 Å². The summed E-state index contributed by atoms with van der Waals surface area (Å²) in [5, 5.41) is 0. The van der Waals surface area contributed by atoms with Gasteiger partial charge >= 0.3 is 5.97 Å². The molecule has 3 heteroatoms. The molecule has 0 aliphatic carbocycles. The largest absolute Gasteiger partial charge is 0.457 e. The fourth-order valence-electron chi connectivity index (χ4n) is 1.23. The summed E-state index contributed by atoms with van der Waals surface area (Å²) in [5.74, 6) is -1.62. The normalized spacial score (nSPS) is 11.1. The van der Waals surface area contributed by atoms with Crippen molar-refractivity contribution < 1.29 is 13.9 Å². The fraction of sp³-hybridized carbons (Fsp3) is 0.700. The zero-order valence-electron chi connectivity index (χ0n) is 8.63. The van der Waals surface area contributed by atoms with Crippen molar-refractivity contribution in [2.24, 2.45) is 11.8 Å². The van der Waals surface area contributed by atoms with Crippen molar-refractivity contribution in [2.45, 2.75) is 33.8 Å². The van der Waals surface area contributed by atoms with Gasteiger partial charge in [-0.2, -0.15) is 4.39 Å². The Bertz CT molecular complexity index is 189. The van der Waals surface area contributed by atoms with E-state index in [1.165, 1.54) is 0 Å². The van der Waals surface area contributed by atoms with Crippen LogP contribution in [-0.2, 0) is 9.53 Å². The number of carbonyl (C=O) groups is 1. The van der Waals surface area contributed by atoms with Crippen LogP contribution in [0.25, 0.3) is 0 Å². The number of esters is 1. The lowest BCUT2D eigenvalue weighted by Gasteiger charge is -2.24. The predicted molar refractivity (Wildman–Crippen MR) is 49.8 cm³/mol. The van der Waals surface area contributed by atoms with E-state index in [0.717, 1.165) is 0 Å². The Morgan fingerprint density at radius 1 is 1.23 bits per heavy atom. The lowest BCUT2D eigenvalue weighted by molar-refractivity contribution is -0.150. The van der Waals surface area contributed by atoms with Crippen molar-refractivity contribution in [3.8, 4) is 0 Å². The first-order valence-corrected chi connectivity index (χ1v) is 4.41. The van der Waals surface area contributed by atoms with E-state index in [1.54, 1.807) is 0 Å². The molecular weight excluding hydrogens is 171 g/mol. The van der Waals surface area contributed by atoms with E-state index in [-0.39, 0.29) is 17.9 Å². The maximum absolute atomic E-state index is 12.3. The summed E-state index contributed by atoms with van der Waals surface area (Å²) in [6.07, 6.45) is -0.250. The van der Waals surface area contributed by atoms with Crippen LogP contribution in [0, 0.1) is 11.8 Å². The molecule has 0 aliphatic rings. The minimum absolute atomic E-state index is 0.184. The van der Waals surface area contributed by atoms with Crippen molar-refractivity contribution >= 4 is 5.97 Å². The van der Waals surface area contributed by atoms with Gasteiger partial charge in [0.25, 0.3) is 0 Å². The highest BCUT2D eigenvalue weighted by Crippen LogP contribution is 2.17. The van der Waals surface area contributed by atoms with Crippen LogP contribution in [0.4, 0.5) is 4.39 Å². The fourth-order valence-corrected chi connectivity index (χ4v) is 1.23. The molecule has 0 saturated carbocycles. The zero-order valence-corrected chi connectivity index (χ0v) is 8.63. The van der Waals surface area contributed by atoms with Gasteiger partial charge in [-0.25, -0.2) is 4.79 Å². The second-order valence-corrected chi connectivity index (χ2v) is 3.76. The molecule has 0 rings (SSSR count). The molecule has 0 N–H and O–H groups in total. The van der Waals surface area contributed by atoms with Gasteiger partial charge in [0.1, 0.15) is 6.10 Å². The van der Waals surface area contributed by atoms with E-state index in [4.69, 9.17) is 4.74 Å². The summed E-state index contributed by atoms with van der Waals surface area (Å²) in [6, 6.07) is 0. The SMILES string of the molecule is C=C(F)C(=O)OC(C(C)C)C(C)C. The van der Waals surface area contributed by atoms with Gasteiger partial charge in [0.15, 0.2) is 0 Å². The molecule has 0 radical (unpaired) electrons. The van der Waals surface area contributed by atoms with E-state index in [9.17, 15) is 9.18 Å². The Morgan fingerprint density at radius 3 is 1.85 bits per heavy atom. The molecule has 0 aromatic heterocycles. The summed E-state index contributed by atoms with van der Waals surface area (Å²) in [5.41, 5.74) is 0. The third kappa shape index (κ3) is 4.06. The monoisotopic (exact) mass is 188 g/mol. The van der Waals surface area contributed by atoms with E-state index in [0.29, 0.717) is 0 Å². The first-order chi connectivity index (χ1) is 5.86. The molecule has 0 saturated heterocycles. The maximum Gasteiger partial charge on any atom is 0.366 e. The minimum Gasteiger partial charge on any atom is -0.457 e. The van der Waals surface area contributed by atoms with E-state index in [1.807, 2.05) is 27.7 Å². The van der Waals surface area contributed by atoms with Crippen LogP contribution in [0.2, 0.25) is 0 Å². The first-order valence-electron chi connectivity index (χ1n) is 4.41.